The minimum absolute atomic E-state index is 0.0368. The smallest absolute Gasteiger partial charge is 0.0654 e. The Hall–Kier alpha value is -0.930. The summed E-state index contributed by atoms with van der Waals surface area (Å²) in [5.74, 6) is 0.420. The minimum atomic E-state index is -0.331. The summed E-state index contributed by atoms with van der Waals surface area (Å²) >= 11 is 0. The fraction of sp³-hybridized carbons (Fsp3) is 0.615. The van der Waals surface area contributed by atoms with Crippen molar-refractivity contribution < 1.29 is 5.11 Å². The van der Waals surface area contributed by atoms with E-state index in [0.717, 1.165) is 12.0 Å². The van der Waals surface area contributed by atoms with Crippen LogP contribution in [0.4, 0.5) is 0 Å². The molecule has 3 nitrogen and oxygen atoms in total. The summed E-state index contributed by atoms with van der Waals surface area (Å²) in [6.45, 7) is 4.87. The van der Waals surface area contributed by atoms with E-state index in [9.17, 15) is 5.11 Å². The molecule has 3 N–H and O–H groups in total. The lowest BCUT2D eigenvalue weighted by Crippen LogP contribution is -2.29. The quantitative estimate of drug-likeness (QED) is 0.809. The van der Waals surface area contributed by atoms with E-state index in [2.05, 4.69) is 18.8 Å². The number of aromatic nitrogens is 1. The van der Waals surface area contributed by atoms with Gasteiger partial charge in [-0.15, -0.1) is 0 Å². The highest BCUT2D eigenvalue weighted by atomic mass is 16.3. The fourth-order valence-electron chi connectivity index (χ4n) is 2.45. The van der Waals surface area contributed by atoms with Gasteiger partial charge in [-0.1, -0.05) is 13.8 Å². The van der Waals surface area contributed by atoms with Gasteiger partial charge < -0.3 is 10.8 Å². The molecule has 16 heavy (non-hydrogen) atoms. The lowest BCUT2D eigenvalue weighted by molar-refractivity contribution is 0.109. The van der Waals surface area contributed by atoms with Crippen LogP contribution in [-0.2, 0) is 0 Å². The van der Waals surface area contributed by atoms with Crippen molar-refractivity contribution in [2.75, 3.05) is 6.54 Å². The third kappa shape index (κ3) is 2.11. The molecular weight excluding hydrogens is 200 g/mol. The molecule has 1 aliphatic carbocycles. The van der Waals surface area contributed by atoms with Gasteiger partial charge in [0, 0.05) is 24.9 Å². The molecule has 0 aliphatic heterocycles. The molecule has 1 heterocycles. The van der Waals surface area contributed by atoms with Gasteiger partial charge in [-0.05, 0) is 35.4 Å². The molecule has 3 atom stereocenters. The summed E-state index contributed by atoms with van der Waals surface area (Å²) in [5, 5.41) is 10.3. The Kier molecular flexibility index (Phi) is 3.00. The Bertz CT molecular complexity index is 350. The van der Waals surface area contributed by atoms with Gasteiger partial charge in [0.05, 0.1) is 6.10 Å². The summed E-state index contributed by atoms with van der Waals surface area (Å²) in [5.41, 5.74) is 7.15. The van der Waals surface area contributed by atoms with E-state index in [0.29, 0.717) is 12.5 Å². The molecule has 0 aromatic carbocycles. The van der Waals surface area contributed by atoms with Gasteiger partial charge in [0.15, 0.2) is 0 Å². The maximum Gasteiger partial charge on any atom is 0.0654 e. The average molecular weight is 220 g/mol. The van der Waals surface area contributed by atoms with Crippen LogP contribution >= 0.6 is 0 Å². The van der Waals surface area contributed by atoms with Crippen LogP contribution in [0.15, 0.2) is 24.5 Å². The zero-order valence-corrected chi connectivity index (χ0v) is 9.93. The van der Waals surface area contributed by atoms with Crippen molar-refractivity contribution >= 4 is 0 Å². The van der Waals surface area contributed by atoms with Gasteiger partial charge >= 0.3 is 0 Å². The first-order valence-electron chi connectivity index (χ1n) is 5.84. The van der Waals surface area contributed by atoms with Crippen LogP contribution in [0, 0.1) is 11.3 Å². The lowest BCUT2D eigenvalue weighted by atomic mass is 9.89. The van der Waals surface area contributed by atoms with E-state index in [-0.39, 0.29) is 17.4 Å². The van der Waals surface area contributed by atoms with Crippen LogP contribution in [0.1, 0.15) is 31.7 Å². The number of nitrogens with two attached hydrogens (primary N) is 1. The Morgan fingerprint density at radius 2 is 2.06 bits per heavy atom. The van der Waals surface area contributed by atoms with Crippen LogP contribution in [0.2, 0.25) is 0 Å². The monoisotopic (exact) mass is 220 g/mol. The van der Waals surface area contributed by atoms with Crippen molar-refractivity contribution in [2.24, 2.45) is 17.1 Å². The predicted octanol–water partition coefficient (Wildman–Crippen LogP) is 1.53. The molecule has 0 amide bonds. The normalized spacial score (nSPS) is 26.1. The zero-order valence-electron chi connectivity index (χ0n) is 9.93. The van der Waals surface area contributed by atoms with Gasteiger partial charge in [0.1, 0.15) is 0 Å². The van der Waals surface area contributed by atoms with Gasteiger partial charge in [0.2, 0.25) is 0 Å². The standard InChI is InChI=1S/C13H20N2O/c1-13(2)7-11(13)12(16)10(8-14)9-3-5-15-6-4-9/h3-6,10-12,16H,7-8,14H2,1-2H3. The van der Waals surface area contributed by atoms with Gasteiger partial charge in [-0.2, -0.15) is 0 Å². The third-order valence-corrected chi connectivity index (χ3v) is 3.80. The third-order valence-electron chi connectivity index (χ3n) is 3.80. The molecule has 0 spiro atoms. The van der Waals surface area contributed by atoms with Crippen molar-refractivity contribution in [3.05, 3.63) is 30.1 Å². The Balaban J connectivity index is 2.12. The Labute approximate surface area is 96.7 Å². The zero-order chi connectivity index (χ0) is 11.8. The van der Waals surface area contributed by atoms with Crippen molar-refractivity contribution in [1.82, 2.24) is 4.98 Å². The van der Waals surface area contributed by atoms with E-state index >= 15 is 0 Å². The summed E-state index contributed by atoms with van der Waals surface area (Å²) in [6, 6.07) is 3.88. The van der Waals surface area contributed by atoms with Crippen LogP contribution < -0.4 is 5.73 Å². The maximum absolute atomic E-state index is 10.3. The first-order valence-corrected chi connectivity index (χ1v) is 5.84. The van der Waals surface area contributed by atoms with Gasteiger partial charge in [-0.3, -0.25) is 4.98 Å². The van der Waals surface area contributed by atoms with E-state index < -0.39 is 0 Å². The van der Waals surface area contributed by atoms with Crippen LogP contribution in [0.25, 0.3) is 0 Å². The molecule has 2 rings (SSSR count). The predicted molar refractivity (Wildman–Crippen MR) is 63.9 cm³/mol. The second-order valence-electron chi connectivity index (χ2n) is 5.41. The average Bonchev–Trinajstić information content (AvgIpc) is 2.90. The second kappa shape index (κ2) is 4.15. The highest BCUT2D eigenvalue weighted by Crippen LogP contribution is 2.55. The van der Waals surface area contributed by atoms with E-state index in [1.165, 1.54) is 0 Å². The van der Waals surface area contributed by atoms with E-state index in [1.54, 1.807) is 12.4 Å². The van der Waals surface area contributed by atoms with Gasteiger partial charge in [-0.25, -0.2) is 0 Å². The van der Waals surface area contributed by atoms with Crippen LogP contribution in [0.5, 0.6) is 0 Å². The topological polar surface area (TPSA) is 59.1 Å². The highest BCUT2D eigenvalue weighted by molar-refractivity contribution is 5.20. The number of nitrogens with zero attached hydrogens (tertiary/aromatic N) is 1. The van der Waals surface area contributed by atoms with Crippen LogP contribution in [0.3, 0.4) is 0 Å². The summed E-state index contributed by atoms with van der Waals surface area (Å²) in [4.78, 5) is 3.99. The molecular formula is C13H20N2O. The summed E-state index contributed by atoms with van der Waals surface area (Å²) in [7, 11) is 0. The van der Waals surface area contributed by atoms with Crippen LogP contribution in [-0.4, -0.2) is 22.7 Å². The number of pyridine rings is 1. The van der Waals surface area contributed by atoms with E-state index in [4.69, 9.17) is 5.73 Å². The molecule has 3 heteroatoms. The maximum atomic E-state index is 10.3. The molecule has 88 valence electrons. The fourth-order valence-corrected chi connectivity index (χ4v) is 2.45. The summed E-state index contributed by atoms with van der Waals surface area (Å²) < 4.78 is 0. The molecule has 1 fully saturated rings. The lowest BCUT2D eigenvalue weighted by Gasteiger charge is -2.23. The first-order chi connectivity index (χ1) is 7.56. The number of hydrogen-bond donors (Lipinski definition) is 2. The van der Waals surface area contributed by atoms with Gasteiger partial charge in [0.25, 0.3) is 0 Å². The highest BCUT2D eigenvalue weighted by Gasteiger charge is 2.51. The molecule has 1 aromatic rings. The largest absolute Gasteiger partial charge is 0.392 e. The van der Waals surface area contributed by atoms with Crippen molar-refractivity contribution in [3.63, 3.8) is 0 Å². The molecule has 1 aromatic heterocycles. The molecule has 0 bridgehead atoms. The van der Waals surface area contributed by atoms with Crippen molar-refractivity contribution in [2.45, 2.75) is 32.3 Å². The SMILES string of the molecule is CC1(C)CC1C(O)C(CN)c1ccncc1. The number of rotatable bonds is 4. The Morgan fingerprint density at radius 1 is 1.50 bits per heavy atom. The van der Waals surface area contributed by atoms with E-state index in [1.807, 2.05) is 12.1 Å². The minimum Gasteiger partial charge on any atom is -0.392 e. The molecule has 3 unspecified atom stereocenters. The second-order valence-corrected chi connectivity index (χ2v) is 5.41. The Morgan fingerprint density at radius 3 is 2.50 bits per heavy atom. The number of hydrogen-bond acceptors (Lipinski definition) is 3. The molecule has 0 radical (unpaired) electrons. The first kappa shape index (κ1) is 11.6. The van der Waals surface area contributed by atoms with Crippen molar-refractivity contribution in [3.8, 4) is 0 Å². The molecule has 1 saturated carbocycles. The number of aliphatic hydroxyl groups excluding tert-OH is 1. The van der Waals surface area contributed by atoms with Crippen molar-refractivity contribution in [1.29, 1.82) is 0 Å². The molecule has 1 aliphatic rings. The summed E-state index contributed by atoms with van der Waals surface area (Å²) in [6.07, 6.45) is 4.27. The number of aliphatic hydroxyl groups is 1. The molecule has 0 saturated heterocycles.